The molecule has 0 aliphatic carbocycles. The highest BCUT2D eigenvalue weighted by Crippen LogP contribution is 2.36. The van der Waals surface area contributed by atoms with Crippen molar-refractivity contribution in [2.45, 2.75) is 19.9 Å². The molecule has 21 heavy (non-hydrogen) atoms. The van der Waals surface area contributed by atoms with Crippen LogP contribution in [0.5, 0.6) is 11.5 Å². The molecule has 1 heterocycles. The van der Waals surface area contributed by atoms with Gasteiger partial charge in [-0.3, -0.25) is 4.98 Å². The number of ether oxygens (including phenoxy) is 2. The summed E-state index contributed by atoms with van der Waals surface area (Å²) in [5.74, 6) is 1.67. The SMILES string of the molecule is CNC(c1ccncc1OC)c1ccc(C)c(C)c1OC. The van der Waals surface area contributed by atoms with Gasteiger partial charge in [-0.15, -0.1) is 0 Å². The van der Waals surface area contributed by atoms with Gasteiger partial charge >= 0.3 is 0 Å². The molecule has 0 spiro atoms. The summed E-state index contributed by atoms with van der Waals surface area (Å²) in [6.07, 6.45) is 3.50. The molecule has 1 atom stereocenters. The minimum atomic E-state index is -0.0165. The summed E-state index contributed by atoms with van der Waals surface area (Å²) < 4.78 is 11.1. The van der Waals surface area contributed by atoms with Crippen molar-refractivity contribution in [2.24, 2.45) is 0 Å². The molecule has 0 fully saturated rings. The first kappa shape index (κ1) is 15.3. The van der Waals surface area contributed by atoms with Crippen LogP contribution in [-0.4, -0.2) is 26.3 Å². The average Bonchev–Trinajstić information content (AvgIpc) is 2.52. The number of nitrogens with one attached hydrogen (secondary N) is 1. The van der Waals surface area contributed by atoms with Crippen molar-refractivity contribution in [3.05, 3.63) is 52.8 Å². The Hall–Kier alpha value is -2.07. The summed E-state index contributed by atoms with van der Waals surface area (Å²) >= 11 is 0. The van der Waals surface area contributed by atoms with E-state index in [4.69, 9.17) is 9.47 Å². The second-order valence-corrected chi connectivity index (χ2v) is 4.97. The number of nitrogens with zero attached hydrogens (tertiary/aromatic N) is 1. The van der Waals surface area contributed by atoms with Crippen LogP contribution >= 0.6 is 0 Å². The molecular weight excluding hydrogens is 264 g/mol. The third kappa shape index (κ3) is 2.85. The number of pyridine rings is 1. The van der Waals surface area contributed by atoms with Gasteiger partial charge in [-0.2, -0.15) is 0 Å². The zero-order valence-corrected chi connectivity index (χ0v) is 13.2. The predicted octanol–water partition coefficient (Wildman–Crippen LogP) is 3.02. The Balaban J connectivity index is 2.59. The van der Waals surface area contributed by atoms with Crippen molar-refractivity contribution < 1.29 is 9.47 Å². The summed E-state index contributed by atoms with van der Waals surface area (Å²) in [6.45, 7) is 4.16. The normalized spacial score (nSPS) is 12.0. The zero-order valence-electron chi connectivity index (χ0n) is 13.2. The third-order valence-corrected chi connectivity index (χ3v) is 3.86. The molecule has 1 N–H and O–H groups in total. The molecule has 0 saturated carbocycles. The van der Waals surface area contributed by atoms with Gasteiger partial charge in [0.2, 0.25) is 0 Å². The Morgan fingerprint density at radius 1 is 1.05 bits per heavy atom. The molecule has 2 aromatic rings. The van der Waals surface area contributed by atoms with Crippen molar-refractivity contribution in [3.63, 3.8) is 0 Å². The molecule has 1 aromatic heterocycles. The monoisotopic (exact) mass is 286 g/mol. The Morgan fingerprint density at radius 2 is 1.81 bits per heavy atom. The molecular formula is C17H22N2O2. The number of aromatic nitrogens is 1. The Kier molecular flexibility index (Phi) is 4.81. The lowest BCUT2D eigenvalue weighted by atomic mass is 9.94. The first-order chi connectivity index (χ1) is 10.1. The molecule has 0 aliphatic rings. The van der Waals surface area contributed by atoms with Crippen LogP contribution in [0.2, 0.25) is 0 Å². The van der Waals surface area contributed by atoms with Gasteiger partial charge in [0.25, 0.3) is 0 Å². The van der Waals surface area contributed by atoms with Crippen LogP contribution in [0.4, 0.5) is 0 Å². The maximum absolute atomic E-state index is 5.64. The predicted molar refractivity (Wildman–Crippen MR) is 84.2 cm³/mol. The topological polar surface area (TPSA) is 43.4 Å². The molecule has 0 amide bonds. The quantitative estimate of drug-likeness (QED) is 0.917. The molecule has 0 bridgehead atoms. The van der Waals surface area contributed by atoms with Gasteiger partial charge in [-0.1, -0.05) is 12.1 Å². The van der Waals surface area contributed by atoms with Crippen molar-refractivity contribution in [1.82, 2.24) is 10.3 Å². The van der Waals surface area contributed by atoms with Crippen molar-refractivity contribution >= 4 is 0 Å². The Morgan fingerprint density at radius 3 is 2.43 bits per heavy atom. The Labute approximate surface area is 126 Å². The first-order valence-corrected chi connectivity index (χ1v) is 6.93. The minimum Gasteiger partial charge on any atom is -0.496 e. The van der Waals surface area contributed by atoms with Gasteiger partial charge in [0.05, 0.1) is 26.5 Å². The molecule has 4 heteroatoms. The van der Waals surface area contributed by atoms with Crippen LogP contribution < -0.4 is 14.8 Å². The van der Waals surface area contributed by atoms with E-state index in [1.54, 1.807) is 26.6 Å². The third-order valence-electron chi connectivity index (χ3n) is 3.86. The highest BCUT2D eigenvalue weighted by atomic mass is 16.5. The maximum atomic E-state index is 5.64. The highest BCUT2D eigenvalue weighted by molar-refractivity contribution is 5.51. The van der Waals surface area contributed by atoms with E-state index in [-0.39, 0.29) is 6.04 Å². The lowest BCUT2D eigenvalue weighted by Crippen LogP contribution is -2.19. The summed E-state index contributed by atoms with van der Waals surface area (Å²) in [6, 6.07) is 6.17. The standard InChI is InChI=1S/C17H22N2O2/c1-11-6-7-14(17(21-5)12(11)2)16(18-3)13-8-9-19-10-15(13)20-4/h6-10,16,18H,1-5H3. The maximum Gasteiger partial charge on any atom is 0.142 e. The largest absolute Gasteiger partial charge is 0.496 e. The van der Waals surface area contributed by atoms with Gasteiger partial charge in [0.15, 0.2) is 0 Å². The molecule has 0 saturated heterocycles. The second kappa shape index (κ2) is 6.59. The fourth-order valence-electron chi connectivity index (χ4n) is 2.59. The number of hydrogen-bond acceptors (Lipinski definition) is 4. The van der Waals surface area contributed by atoms with E-state index in [2.05, 4.69) is 36.3 Å². The van der Waals surface area contributed by atoms with E-state index in [9.17, 15) is 0 Å². The van der Waals surface area contributed by atoms with Crippen LogP contribution in [0.25, 0.3) is 0 Å². The summed E-state index contributed by atoms with van der Waals surface area (Å²) in [4.78, 5) is 4.12. The fourth-order valence-corrected chi connectivity index (χ4v) is 2.59. The molecule has 0 radical (unpaired) electrons. The van der Waals surface area contributed by atoms with Crippen molar-refractivity contribution in [1.29, 1.82) is 0 Å². The first-order valence-electron chi connectivity index (χ1n) is 6.93. The van der Waals surface area contributed by atoms with Crippen molar-refractivity contribution in [3.8, 4) is 11.5 Å². The van der Waals surface area contributed by atoms with Gasteiger partial charge in [-0.05, 0) is 38.1 Å². The van der Waals surface area contributed by atoms with E-state index in [0.717, 1.165) is 28.2 Å². The van der Waals surface area contributed by atoms with Gasteiger partial charge in [-0.25, -0.2) is 0 Å². The summed E-state index contributed by atoms with van der Waals surface area (Å²) in [5.41, 5.74) is 4.50. The smallest absolute Gasteiger partial charge is 0.142 e. The van der Waals surface area contributed by atoms with Crippen molar-refractivity contribution in [2.75, 3.05) is 21.3 Å². The molecule has 1 aromatic carbocycles. The Bertz CT molecular complexity index is 626. The number of rotatable bonds is 5. The van der Waals surface area contributed by atoms with Crippen LogP contribution in [0.3, 0.4) is 0 Å². The molecule has 1 unspecified atom stereocenters. The molecule has 0 aliphatic heterocycles. The van der Waals surface area contributed by atoms with Crippen LogP contribution in [0, 0.1) is 13.8 Å². The van der Waals surface area contributed by atoms with Crippen LogP contribution in [0.1, 0.15) is 28.3 Å². The van der Waals surface area contributed by atoms with E-state index in [1.165, 1.54) is 5.56 Å². The van der Waals surface area contributed by atoms with Crippen LogP contribution in [0.15, 0.2) is 30.6 Å². The molecule has 4 nitrogen and oxygen atoms in total. The lowest BCUT2D eigenvalue weighted by molar-refractivity contribution is 0.393. The minimum absolute atomic E-state index is 0.0165. The number of benzene rings is 1. The van der Waals surface area contributed by atoms with E-state index < -0.39 is 0 Å². The van der Waals surface area contributed by atoms with Gasteiger partial charge < -0.3 is 14.8 Å². The summed E-state index contributed by atoms with van der Waals surface area (Å²) in [5, 5.41) is 3.34. The number of methoxy groups -OCH3 is 2. The zero-order chi connectivity index (χ0) is 15.4. The average molecular weight is 286 g/mol. The number of aryl methyl sites for hydroxylation is 1. The summed E-state index contributed by atoms with van der Waals surface area (Å²) in [7, 11) is 5.30. The molecule has 2 rings (SSSR count). The van der Waals surface area contributed by atoms with E-state index >= 15 is 0 Å². The number of hydrogen-bond donors (Lipinski definition) is 1. The van der Waals surface area contributed by atoms with Crippen LogP contribution in [-0.2, 0) is 0 Å². The van der Waals surface area contributed by atoms with E-state index in [0.29, 0.717) is 0 Å². The highest BCUT2D eigenvalue weighted by Gasteiger charge is 2.21. The second-order valence-electron chi connectivity index (χ2n) is 4.97. The van der Waals surface area contributed by atoms with Gasteiger partial charge in [0, 0.05) is 17.3 Å². The fraction of sp³-hybridized carbons (Fsp3) is 0.353. The van der Waals surface area contributed by atoms with Gasteiger partial charge in [0.1, 0.15) is 11.5 Å². The lowest BCUT2D eigenvalue weighted by Gasteiger charge is -2.23. The van der Waals surface area contributed by atoms with E-state index in [1.807, 2.05) is 13.1 Å². The molecule has 112 valence electrons.